The Balaban J connectivity index is 1.45. The lowest BCUT2D eigenvalue weighted by Crippen LogP contribution is -2.18. The number of carbonyl (C=O) groups is 2. The average molecular weight is 536 g/mol. The van der Waals surface area contributed by atoms with E-state index in [1.54, 1.807) is 44.3 Å². The molecule has 4 aromatic rings. The molecular formula is C30H28F3N3O3. The highest BCUT2D eigenvalue weighted by Gasteiger charge is 2.30. The first-order valence-electron chi connectivity index (χ1n) is 12.3. The zero-order valence-electron chi connectivity index (χ0n) is 22.0. The highest BCUT2D eigenvalue weighted by atomic mass is 19.4. The van der Waals surface area contributed by atoms with Crippen molar-refractivity contribution in [1.82, 2.24) is 15.1 Å². The summed E-state index contributed by atoms with van der Waals surface area (Å²) in [5.41, 5.74) is 4.03. The maximum absolute atomic E-state index is 13.1. The van der Waals surface area contributed by atoms with Crippen LogP contribution in [0.25, 0.3) is 0 Å². The van der Waals surface area contributed by atoms with E-state index < -0.39 is 11.7 Å². The van der Waals surface area contributed by atoms with Crippen LogP contribution < -0.4 is 10.1 Å². The molecule has 1 N–H and O–H groups in total. The van der Waals surface area contributed by atoms with E-state index in [0.717, 1.165) is 34.6 Å². The SMILES string of the molecule is CNC(=O)c1cccc(Cn2nc(C)c(CC(=O)c3ccc(Oc4ccc(C(F)(F)F)cc4C)cc3)c2C)c1. The number of alkyl halides is 3. The van der Waals surface area contributed by atoms with Crippen molar-refractivity contribution in [1.29, 1.82) is 0 Å². The van der Waals surface area contributed by atoms with E-state index in [-0.39, 0.29) is 18.1 Å². The van der Waals surface area contributed by atoms with Gasteiger partial charge in [0.2, 0.25) is 0 Å². The number of benzene rings is 3. The molecule has 0 radical (unpaired) electrons. The number of aryl methyl sites for hydroxylation is 2. The molecule has 0 atom stereocenters. The Labute approximate surface area is 224 Å². The van der Waals surface area contributed by atoms with Crippen LogP contribution in [0.2, 0.25) is 0 Å². The van der Waals surface area contributed by atoms with Crippen LogP contribution in [0.4, 0.5) is 13.2 Å². The first-order chi connectivity index (χ1) is 18.5. The highest BCUT2D eigenvalue weighted by Crippen LogP contribution is 2.34. The van der Waals surface area contributed by atoms with Crippen LogP contribution >= 0.6 is 0 Å². The molecule has 4 rings (SSSR count). The second kappa shape index (κ2) is 11.1. The molecule has 1 aromatic heterocycles. The van der Waals surface area contributed by atoms with E-state index in [0.29, 0.717) is 34.7 Å². The Morgan fingerprint density at radius 3 is 2.31 bits per heavy atom. The van der Waals surface area contributed by atoms with Gasteiger partial charge in [-0.2, -0.15) is 18.3 Å². The zero-order chi connectivity index (χ0) is 28.3. The van der Waals surface area contributed by atoms with E-state index in [1.165, 1.54) is 6.07 Å². The van der Waals surface area contributed by atoms with Crippen LogP contribution in [-0.4, -0.2) is 28.5 Å². The van der Waals surface area contributed by atoms with Crippen LogP contribution in [0.1, 0.15) is 54.4 Å². The number of ether oxygens (including phenoxy) is 1. The maximum atomic E-state index is 13.1. The molecule has 1 heterocycles. The molecule has 0 spiro atoms. The van der Waals surface area contributed by atoms with E-state index >= 15 is 0 Å². The van der Waals surface area contributed by atoms with Gasteiger partial charge < -0.3 is 10.1 Å². The number of hydrogen-bond donors (Lipinski definition) is 1. The summed E-state index contributed by atoms with van der Waals surface area (Å²) in [5, 5.41) is 7.23. The molecule has 0 fully saturated rings. The monoisotopic (exact) mass is 535 g/mol. The minimum atomic E-state index is -4.42. The van der Waals surface area contributed by atoms with Gasteiger partial charge in [0.05, 0.1) is 17.8 Å². The Kier molecular flexibility index (Phi) is 7.90. The summed E-state index contributed by atoms with van der Waals surface area (Å²) in [5.74, 6) is 0.456. The Morgan fingerprint density at radius 1 is 0.949 bits per heavy atom. The van der Waals surface area contributed by atoms with Gasteiger partial charge in [0.25, 0.3) is 5.91 Å². The zero-order valence-corrected chi connectivity index (χ0v) is 22.0. The van der Waals surface area contributed by atoms with Gasteiger partial charge in [0, 0.05) is 35.9 Å². The lowest BCUT2D eigenvalue weighted by atomic mass is 10.0. The van der Waals surface area contributed by atoms with Crippen molar-refractivity contribution in [3.05, 3.63) is 111 Å². The van der Waals surface area contributed by atoms with Crippen LogP contribution in [0.15, 0.2) is 66.7 Å². The molecule has 9 heteroatoms. The quantitative estimate of drug-likeness (QED) is 0.263. The number of aromatic nitrogens is 2. The average Bonchev–Trinajstić information content (AvgIpc) is 3.16. The minimum absolute atomic E-state index is 0.0976. The first-order valence-corrected chi connectivity index (χ1v) is 12.3. The number of amides is 1. The number of rotatable bonds is 8. The van der Waals surface area contributed by atoms with Crippen molar-refractivity contribution < 1.29 is 27.5 Å². The van der Waals surface area contributed by atoms with Crippen molar-refractivity contribution in [2.45, 2.75) is 39.9 Å². The Hall–Kier alpha value is -4.40. The maximum Gasteiger partial charge on any atom is 0.416 e. The van der Waals surface area contributed by atoms with Crippen LogP contribution in [0, 0.1) is 20.8 Å². The van der Waals surface area contributed by atoms with Gasteiger partial charge in [0.15, 0.2) is 5.78 Å². The fourth-order valence-corrected chi connectivity index (χ4v) is 4.31. The first kappa shape index (κ1) is 27.6. The topological polar surface area (TPSA) is 73.2 Å². The molecule has 6 nitrogen and oxygen atoms in total. The third kappa shape index (κ3) is 6.37. The minimum Gasteiger partial charge on any atom is -0.457 e. The van der Waals surface area contributed by atoms with Crippen molar-refractivity contribution >= 4 is 11.7 Å². The van der Waals surface area contributed by atoms with E-state index in [2.05, 4.69) is 10.4 Å². The van der Waals surface area contributed by atoms with E-state index in [9.17, 15) is 22.8 Å². The van der Waals surface area contributed by atoms with Gasteiger partial charge in [-0.3, -0.25) is 14.3 Å². The fourth-order valence-electron chi connectivity index (χ4n) is 4.31. The number of Topliss-reactive ketones (excluding diaryl/α,β-unsaturated/α-hetero) is 1. The molecule has 0 saturated heterocycles. The number of ketones is 1. The molecule has 0 unspecified atom stereocenters. The van der Waals surface area contributed by atoms with Gasteiger partial charge in [-0.15, -0.1) is 0 Å². The second-order valence-corrected chi connectivity index (χ2v) is 9.29. The van der Waals surface area contributed by atoms with E-state index in [4.69, 9.17) is 4.74 Å². The number of nitrogens with zero attached hydrogens (tertiary/aromatic N) is 2. The fraction of sp³-hybridized carbons (Fsp3) is 0.233. The van der Waals surface area contributed by atoms with Gasteiger partial charge >= 0.3 is 6.18 Å². The highest BCUT2D eigenvalue weighted by molar-refractivity contribution is 5.97. The third-order valence-electron chi connectivity index (χ3n) is 6.52. The number of carbonyl (C=O) groups excluding carboxylic acids is 2. The van der Waals surface area contributed by atoms with Crippen LogP contribution in [0.5, 0.6) is 11.5 Å². The predicted molar refractivity (Wildman–Crippen MR) is 141 cm³/mol. The molecule has 3 aromatic carbocycles. The smallest absolute Gasteiger partial charge is 0.416 e. The van der Waals surface area contributed by atoms with Gasteiger partial charge in [-0.25, -0.2) is 0 Å². The normalized spacial score (nSPS) is 11.4. The van der Waals surface area contributed by atoms with Crippen molar-refractivity contribution in [2.24, 2.45) is 0 Å². The van der Waals surface area contributed by atoms with Crippen molar-refractivity contribution in [3.8, 4) is 11.5 Å². The largest absolute Gasteiger partial charge is 0.457 e. The summed E-state index contributed by atoms with van der Waals surface area (Å²) in [6, 6.07) is 17.1. The number of hydrogen-bond acceptors (Lipinski definition) is 4. The van der Waals surface area contributed by atoms with Gasteiger partial charge in [-0.1, -0.05) is 12.1 Å². The molecule has 0 bridgehead atoms. The second-order valence-electron chi connectivity index (χ2n) is 9.29. The summed E-state index contributed by atoms with van der Waals surface area (Å²) in [7, 11) is 1.58. The standard InChI is InChI=1S/C30H28F3N3O3/c1-18-14-24(30(31,32)33)10-13-28(18)39-25-11-8-22(9-12-25)27(37)16-26-19(2)35-36(20(26)3)17-21-6-5-7-23(15-21)29(38)34-4/h5-15H,16-17H2,1-4H3,(H,34,38). The summed E-state index contributed by atoms with van der Waals surface area (Å²) in [4.78, 5) is 25.0. The number of nitrogens with one attached hydrogen (secondary N) is 1. The molecule has 202 valence electrons. The van der Waals surface area contributed by atoms with Gasteiger partial charge in [-0.05, 0) is 86.5 Å². The lowest BCUT2D eigenvalue weighted by Gasteiger charge is -2.12. The number of halogens is 3. The van der Waals surface area contributed by atoms with Crippen LogP contribution in [0.3, 0.4) is 0 Å². The molecule has 0 saturated carbocycles. The lowest BCUT2D eigenvalue weighted by molar-refractivity contribution is -0.137. The summed E-state index contributed by atoms with van der Waals surface area (Å²) in [6.45, 7) is 5.78. The van der Waals surface area contributed by atoms with E-state index in [1.807, 2.05) is 36.7 Å². The Bertz CT molecular complexity index is 1520. The predicted octanol–water partition coefficient (Wildman–Crippen LogP) is 6.45. The Morgan fingerprint density at radius 2 is 1.67 bits per heavy atom. The molecule has 1 amide bonds. The molecular weight excluding hydrogens is 507 g/mol. The molecule has 0 aliphatic rings. The van der Waals surface area contributed by atoms with Gasteiger partial charge in [0.1, 0.15) is 11.5 Å². The molecule has 39 heavy (non-hydrogen) atoms. The van der Waals surface area contributed by atoms with Crippen molar-refractivity contribution in [3.63, 3.8) is 0 Å². The third-order valence-corrected chi connectivity index (χ3v) is 6.52. The molecule has 0 aliphatic heterocycles. The summed E-state index contributed by atoms with van der Waals surface area (Å²) < 4.78 is 46.3. The summed E-state index contributed by atoms with van der Waals surface area (Å²) >= 11 is 0. The molecule has 0 aliphatic carbocycles. The van der Waals surface area contributed by atoms with Crippen LogP contribution in [-0.2, 0) is 19.1 Å². The van der Waals surface area contributed by atoms with Crippen molar-refractivity contribution in [2.75, 3.05) is 7.05 Å². The summed E-state index contributed by atoms with van der Waals surface area (Å²) in [6.07, 6.45) is -4.26.